The highest BCUT2D eigenvalue weighted by Crippen LogP contribution is 2.24. The van der Waals surface area contributed by atoms with Crippen LogP contribution in [-0.2, 0) is 22.6 Å². The highest BCUT2D eigenvalue weighted by atomic mass is 32.2. The first kappa shape index (κ1) is 20.5. The predicted octanol–water partition coefficient (Wildman–Crippen LogP) is 3.22. The maximum absolute atomic E-state index is 12.2. The van der Waals surface area contributed by atoms with Gasteiger partial charge in [0, 0.05) is 14.6 Å². The van der Waals surface area contributed by atoms with E-state index in [4.69, 9.17) is 0 Å². The molecule has 0 bridgehead atoms. The second-order valence-electron chi connectivity index (χ2n) is 5.92. The molecule has 140 valence electrons. The number of benzene rings is 1. The van der Waals surface area contributed by atoms with E-state index < -0.39 is 0 Å². The van der Waals surface area contributed by atoms with Crippen LogP contribution in [0.2, 0.25) is 0 Å². The van der Waals surface area contributed by atoms with Gasteiger partial charge in [0.2, 0.25) is 11.8 Å². The topological polar surface area (TPSA) is 61.4 Å². The first-order valence-corrected chi connectivity index (χ1v) is 10.5. The fraction of sp³-hybridized carbons (Fsp3) is 0.368. The van der Waals surface area contributed by atoms with Crippen LogP contribution in [0.3, 0.4) is 0 Å². The lowest BCUT2D eigenvalue weighted by atomic mass is 10.3. The number of nitrogens with zero attached hydrogens (tertiary/aromatic N) is 1. The molecule has 2 amide bonds. The van der Waals surface area contributed by atoms with Gasteiger partial charge in [0.25, 0.3) is 0 Å². The van der Waals surface area contributed by atoms with Crippen molar-refractivity contribution in [2.45, 2.75) is 24.8 Å². The number of rotatable bonds is 9. The zero-order valence-electron chi connectivity index (χ0n) is 15.4. The van der Waals surface area contributed by atoms with E-state index in [0.29, 0.717) is 6.54 Å². The molecule has 0 saturated heterocycles. The SMILES string of the molecule is CCc1ccc(CNC(=O)CN(C)CC(=O)Nc2ccccc2SC)s1. The Kier molecular flexibility index (Phi) is 8.15. The molecule has 0 spiro atoms. The number of hydrogen-bond acceptors (Lipinski definition) is 5. The number of likely N-dealkylation sites (N-methyl/N-ethyl adjacent to an activating group) is 1. The lowest BCUT2D eigenvalue weighted by Gasteiger charge is -2.16. The molecule has 2 rings (SSSR count). The Morgan fingerprint density at radius 2 is 1.77 bits per heavy atom. The first-order valence-electron chi connectivity index (χ1n) is 8.47. The van der Waals surface area contributed by atoms with Crippen LogP contribution < -0.4 is 10.6 Å². The van der Waals surface area contributed by atoms with Crippen LogP contribution in [0.4, 0.5) is 5.69 Å². The number of anilines is 1. The van der Waals surface area contributed by atoms with Gasteiger partial charge in [0.05, 0.1) is 25.3 Å². The van der Waals surface area contributed by atoms with E-state index in [-0.39, 0.29) is 24.9 Å². The number of carbonyl (C=O) groups excluding carboxylic acids is 2. The molecule has 1 heterocycles. The molecule has 0 aliphatic rings. The highest BCUT2D eigenvalue weighted by Gasteiger charge is 2.12. The molecule has 0 saturated carbocycles. The molecule has 1 aromatic carbocycles. The van der Waals surface area contributed by atoms with E-state index in [0.717, 1.165) is 21.9 Å². The number of para-hydroxylation sites is 1. The first-order chi connectivity index (χ1) is 12.5. The van der Waals surface area contributed by atoms with E-state index in [9.17, 15) is 9.59 Å². The Balaban J connectivity index is 1.75. The zero-order valence-corrected chi connectivity index (χ0v) is 17.0. The van der Waals surface area contributed by atoms with Gasteiger partial charge in [-0.2, -0.15) is 0 Å². The lowest BCUT2D eigenvalue weighted by molar-refractivity contribution is -0.123. The fourth-order valence-electron chi connectivity index (χ4n) is 2.43. The molecule has 2 N–H and O–H groups in total. The Morgan fingerprint density at radius 3 is 2.46 bits per heavy atom. The second-order valence-corrected chi connectivity index (χ2v) is 8.02. The predicted molar refractivity (Wildman–Crippen MR) is 110 cm³/mol. The summed E-state index contributed by atoms with van der Waals surface area (Å²) in [6, 6.07) is 11.8. The van der Waals surface area contributed by atoms with E-state index in [1.807, 2.05) is 36.6 Å². The van der Waals surface area contributed by atoms with E-state index in [2.05, 4.69) is 23.6 Å². The van der Waals surface area contributed by atoms with Crippen LogP contribution >= 0.6 is 23.1 Å². The quantitative estimate of drug-likeness (QED) is 0.645. The van der Waals surface area contributed by atoms with Gasteiger partial charge in [-0.25, -0.2) is 0 Å². The van der Waals surface area contributed by atoms with Crippen molar-refractivity contribution in [3.05, 3.63) is 46.2 Å². The minimum Gasteiger partial charge on any atom is -0.350 e. The average molecular weight is 392 g/mol. The third kappa shape index (κ3) is 6.48. The molecule has 0 aliphatic heterocycles. The lowest BCUT2D eigenvalue weighted by Crippen LogP contribution is -2.38. The summed E-state index contributed by atoms with van der Waals surface area (Å²) in [4.78, 5) is 29.4. The summed E-state index contributed by atoms with van der Waals surface area (Å²) in [5.74, 6) is -0.219. The molecule has 2 aromatic rings. The number of thioether (sulfide) groups is 1. The highest BCUT2D eigenvalue weighted by molar-refractivity contribution is 7.98. The van der Waals surface area contributed by atoms with Crippen molar-refractivity contribution in [1.29, 1.82) is 0 Å². The van der Waals surface area contributed by atoms with Crippen LogP contribution in [0.25, 0.3) is 0 Å². The number of nitrogens with one attached hydrogen (secondary N) is 2. The van der Waals surface area contributed by atoms with E-state index >= 15 is 0 Å². The number of aryl methyl sites for hydroxylation is 1. The summed E-state index contributed by atoms with van der Waals surface area (Å²) in [6.07, 6.45) is 2.98. The maximum atomic E-state index is 12.2. The number of thiophene rings is 1. The van der Waals surface area contributed by atoms with Crippen LogP contribution in [0, 0.1) is 0 Å². The Labute approximate surface area is 163 Å². The molecule has 0 unspecified atom stereocenters. The molecular formula is C19H25N3O2S2. The normalized spacial score (nSPS) is 10.8. The zero-order chi connectivity index (χ0) is 18.9. The number of hydrogen-bond donors (Lipinski definition) is 2. The van der Waals surface area contributed by atoms with Crippen molar-refractivity contribution in [3.63, 3.8) is 0 Å². The van der Waals surface area contributed by atoms with Gasteiger partial charge in [-0.15, -0.1) is 23.1 Å². The van der Waals surface area contributed by atoms with Gasteiger partial charge in [-0.3, -0.25) is 14.5 Å². The summed E-state index contributed by atoms with van der Waals surface area (Å²) >= 11 is 3.30. The van der Waals surface area contributed by atoms with Crippen molar-refractivity contribution in [3.8, 4) is 0 Å². The van der Waals surface area contributed by atoms with Crippen LogP contribution in [0.1, 0.15) is 16.7 Å². The van der Waals surface area contributed by atoms with E-state index in [1.54, 1.807) is 35.0 Å². The third-order valence-corrected chi connectivity index (χ3v) is 5.76. The van der Waals surface area contributed by atoms with Crippen molar-refractivity contribution < 1.29 is 9.59 Å². The molecule has 5 nitrogen and oxygen atoms in total. The van der Waals surface area contributed by atoms with Gasteiger partial charge < -0.3 is 10.6 Å². The van der Waals surface area contributed by atoms with Gasteiger partial charge >= 0.3 is 0 Å². The van der Waals surface area contributed by atoms with Crippen molar-refractivity contribution in [2.75, 3.05) is 31.7 Å². The Hall–Kier alpha value is -1.83. The van der Waals surface area contributed by atoms with Gasteiger partial charge in [-0.1, -0.05) is 19.1 Å². The van der Waals surface area contributed by atoms with Crippen LogP contribution in [0.15, 0.2) is 41.3 Å². The minimum atomic E-state index is -0.132. The second kappa shape index (κ2) is 10.4. The summed E-state index contributed by atoms with van der Waals surface area (Å²) < 4.78 is 0. The summed E-state index contributed by atoms with van der Waals surface area (Å²) in [6.45, 7) is 3.00. The van der Waals surface area contributed by atoms with Crippen molar-refractivity contribution in [1.82, 2.24) is 10.2 Å². The molecule has 0 fully saturated rings. The largest absolute Gasteiger partial charge is 0.350 e. The Bertz CT molecular complexity index is 746. The summed E-state index contributed by atoms with van der Waals surface area (Å²) in [5, 5.41) is 5.80. The molecular weight excluding hydrogens is 366 g/mol. The Morgan fingerprint density at radius 1 is 1.08 bits per heavy atom. The smallest absolute Gasteiger partial charge is 0.238 e. The fourth-order valence-corrected chi connectivity index (χ4v) is 3.88. The molecule has 1 aromatic heterocycles. The van der Waals surface area contributed by atoms with Gasteiger partial charge in [-0.05, 0) is 44.0 Å². The minimum absolute atomic E-state index is 0.0868. The van der Waals surface area contributed by atoms with Crippen molar-refractivity contribution in [2.24, 2.45) is 0 Å². The third-order valence-electron chi connectivity index (χ3n) is 3.73. The van der Waals surface area contributed by atoms with Gasteiger partial charge in [0.15, 0.2) is 0 Å². The average Bonchev–Trinajstić information content (AvgIpc) is 3.08. The molecule has 0 atom stereocenters. The molecule has 0 radical (unpaired) electrons. The summed E-state index contributed by atoms with van der Waals surface area (Å²) in [7, 11) is 1.76. The molecule has 26 heavy (non-hydrogen) atoms. The van der Waals surface area contributed by atoms with E-state index in [1.165, 1.54) is 4.88 Å². The maximum Gasteiger partial charge on any atom is 0.238 e. The standard InChI is InChI=1S/C19H25N3O2S2/c1-4-14-9-10-15(26-14)11-20-18(23)12-22(2)13-19(24)21-16-7-5-6-8-17(16)25-3/h5-10H,4,11-13H2,1-3H3,(H,20,23)(H,21,24). The van der Waals surface area contributed by atoms with Crippen molar-refractivity contribution >= 4 is 40.6 Å². The molecule has 7 heteroatoms. The summed E-state index contributed by atoms with van der Waals surface area (Å²) in [5.41, 5.74) is 0.798. The van der Waals surface area contributed by atoms with Crippen LogP contribution in [-0.4, -0.2) is 43.1 Å². The van der Waals surface area contributed by atoms with Gasteiger partial charge in [0.1, 0.15) is 0 Å². The molecule has 0 aliphatic carbocycles. The number of carbonyl (C=O) groups is 2. The number of amides is 2. The monoisotopic (exact) mass is 391 g/mol. The van der Waals surface area contributed by atoms with Crippen LogP contribution in [0.5, 0.6) is 0 Å².